The molecule has 0 bridgehead atoms. The van der Waals surface area contributed by atoms with E-state index in [0.29, 0.717) is 0 Å². The van der Waals surface area contributed by atoms with Crippen LogP contribution in [-0.2, 0) is 5.41 Å². The lowest BCUT2D eigenvalue weighted by Crippen LogP contribution is -2.16. The van der Waals surface area contributed by atoms with Gasteiger partial charge in [-0.1, -0.05) is 202 Å². The molecule has 1 aliphatic carbocycles. The fourth-order valence-corrected chi connectivity index (χ4v) is 10.4. The predicted octanol–water partition coefficient (Wildman–Crippen LogP) is 17.2. The maximum Gasteiger partial charge on any atom is 0.143 e. The molecule has 0 amide bonds. The van der Waals surface area contributed by atoms with E-state index in [0.717, 1.165) is 55.7 Å². The molecule has 0 N–H and O–H groups in total. The van der Waals surface area contributed by atoms with Crippen molar-refractivity contribution >= 4 is 49.8 Å². The van der Waals surface area contributed by atoms with Crippen LogP contribution in [0.1, 0.15) is 25.0 Å². The van der Waals surface area contributed by atoms with E-state index in [1.807, 2.05) is 12.1 Å². The number of anilines is 3. The highest BCUT2D eigenvalue weighted by Gasteiger charge is 2.37. The van der Waals surface area contributed by atoms with E-state index in [1.165, 1.54) is 60.8 Å². The van der Waals surface area contributed by atoms with Crippen molar-refractivity contribution in [3.8, 4) is 55.6 Å². The zero-order valence-corrected chi connectivity index (χ0v) is 35.2. The molecule has 63 heavy (non-hydrogen) atoms. The second-order valence-electron chi connectivity index (χ2n) is 17.2. The van der Waals surface area contributed by atoms with Gasteiger partial charge in [0.1, 0.15) is 11.2 Å². The molecular weight excluding hydrogens is 763 g/mol. The van der Waals surface area contributed by atoms with Gasteiger partial charge in [-0.05, 0) is 103 Å². The summed E-state index contributed by atoms with van der Waals surface area (Å²) in [5, 5.41) is 4.71. The van der Waals surface area contributed by atoms with E-state index in [-0.39, 0.29) is 5.41 Å². The average Bonchev–Trinajstić information content (AvgIpc) is 3.84. The maximum atomic E-state index is 6.51. The molecule has 0 saturated carbocycles. The Labute approximate surface area is 368 Å². The van der Waals surface area contributed by atoms with Gasteiger partial charge in [0.15, 0.2) is 0 Å². The summed E-state index contributed by atoms with van der Waals surface area (Å²) in [6, 6.07) is 81.6. The lowest BCUT2D eigenvalue weighted by molar-refractivity contribution is 0.662. The Morgan fingerprint density at radius 3 is 1.83 bits per heavy atom. The number of para-hydroxylation sites is 3. The Morgan fingerprint density at radius 2 is 0.968 bits per heavy atom. The molecule has 2 heteroatoms. The molecule has 0 saturated heterocycles. The van der Waals surface area contributed by atoms with Gasteiger partial charge in [-0.25, -0.2) is 0 Å². The standard InChI is InChI=1S/C61H43NO/c1-61(2)55-32-9-6-23-49(55)53-30-15-27-47(59(53)61)43-21-12-22-45(39-43)62(44-37-35-41(36-38-44)48-28-16-31-54-51-25-8-11-34-57(51)63-60(48)54)56-33-10-7-24-50(56)52-29-14-20-42-19-13-26-46(58(42)52)40-17-4-3-5-18-40/h3-39H,1-2H3. The summed E-state index contributed by atoms with van der Waals surface area (Å²) >= 11 is 0. The Morgan fingerprint density at radius 1 is 0.381 bits per heavy atom. The van der Waals surface area contributed by atoms with Gasteiger partial charge < -0.3 is 9.32 Å². The molecule has 1 aliphatic rings. The second-order valence-corrected chi connectivity index (χ2v) is 17.2. The van der Waals surface area contributed by atoms with Gasteiger partial charge >= 0.3 is 0 Å². The average molecular weight is 806 g/mol. The van der Waals surface area contributed by atoms with Gasteiger partial charge in [-0.2, -0.15) is 0 Å². The Kier molecular flexibility index (Phi) is 8.55. The fourth-order valence-electron chi connectivity index (χ4n) is 10.4. The van der Waals surface area contributed by atoms with Gasteiger partial charge in [0.25, 0.3) is 0 Å². The third-order valence-corrected chi connectivity index (χ3v) is 13.3. The monoisotopic (exact) mass is 805 g/mol. The van der Waals surface area contributed by atoms with E-state index in [4.69, 9.17) is 4.42 Å². The minimum Gasteiger partial charge on any atom is -0.455 e. The second kappa shape index (κ2) is 14.6. The molecule has 1 aromatic heterocycles. The molecule has 0 radical (unpaired) electrons. The summed E-state index contributed by atoms with van der Waals surface area (Å²) in [5.74, 6) is 0. The van der Waals surface area contributed by atoms with Gasteiger partial charge in [0, 0.05) is 38.7 Å². The Balaban J connectivity index is 1.06. The van der Waals surface area contributed by atoms with Crippen LogP contribution in [0.4, 0.5) is 17.1 Å². The number of fused-ring (bicyclic) bond motifs is 7. The van der Waals surface area contributed by atoms with Crippen LogP contribution < -0.4 is 4.90 Å². The first-order chi connectivity index (χ1) is 31.0. The number of rotatable bonds is 7. The molecular formula is C61H43NO. The van der Waals surface area contributed by atoms with Crippen LogP contribution in [0.2, 0.25) is 0 Å². The van der Waals surface area contributed by atoms with Crippen LogP contribution >= 0.6 is 0 Å². The van der Waals surface area contributed by atoms with Gasteiger partial charge in [0.2, 0.25) is 0 Å². The largest absolute Gasteiger partial charge is 0.455 e. The Bertz CT molecular complexity index is 3530. The van der Waals surface area contributed by atoms with Crippen LogP contribution in [0.5, 0.6) is 0 Å². The minimum atomic E-state index is -0.145. The summed E-state index contributed by atoms with van der Waals surface area (Å²) in [6.45, 7) is 4.74. The first-order valence-corrected chi connectivity index (χ1v) is 21.8. The zero-order valence-electron chi connectivity index (χ0n) is 35.2. The molecule has 1 heterocycles. The highest BCUT2D eigenvalue weighted by atomic mass is 16.3. The SMILES string of the molecule is CC1(C)c2ccccc2-c2cccc(-c3cccc(N(c4ccc(-c5cccc6c5oc5ccccc56)cc4)c4ccccc4-c4cccc5cccc(-c6ccccc6)c45)c3)c21. The van der Waals surface area contributed by atoms with Crippen LogP contribution in [-0.4, -0.2) is 0 Å². The number of furan rings is 1. The van der Waals surface area contributed by atoms with Crippen molar-refractivity contribution in [1.82, 2.24) is 0 Å². The normalized spacial score (nSPS) is 12.7. The molecule has 298 valence electrons. The van der Waals surface area contributed by atoms with E-state index in [2.05, 4.69) is 231 Å². The third kappa shape index (κ3) is 5.94. The highest BCUT2D eigenvalue weighted by Crippen LogP contribution is 2.53. The highest BCUT2D eigenvalue weighted by molar-refractivity contribution is 6.10. The first-order valence-electron chi connectivity index (χ1n) is 21.8. The smallest absolute Gasteiger partial charge is 0.143 e. The first kappa shape index (κ1) is 36.9. The van der Waals surface area contributed by atoms with E-state index in [9.17, 15) is 0 Å². The lowest BCUT2D eigenvalue weighted by atomic mass is 9.79. The van der Waals surface area contributed by atoms with E-state index in [1.54, 1.807) is 0 Å². The van der Waals surface area contributed by atoms with Gasteiger partial charge in [-0.3, -0.25) is 0 Å². The molecule has 2 nitrogen and oxygen atoms in total. The number of hydrogen-bond donors (Lipinski definition) is 0. The maximum absolute atomic E-state index is 6.51. The summed E-state index contributed by atoms with van der Waals surface area (Å²) in [5.41, 5.74) is 19.7. The number of hydrogen-bond acceptors (Lipinski definition) is 2. The third-order valence-electron chi connectivity index (χ3n) is 13.3. The van der Waals surface area contributed by atoms with Crippen LogP contribution in [0.15, 0.2) is 229 Å². The lowest BCUT2D eigenvalue weighted by Gasteiger charge is -2.29. The zero-order chi connectivity index (χ0) is 42.1. The molecule has 10 aromatic carbocycles. The molecule has 0 aliphatic heterocycles. The topological polar surface area (TPSA) is 16.4 Å². The van der Waals surface area contributed by atoms with Gasteiger partial charge in [0.05, 0.1) is 5.69 Å². The molecule has 11 aromatic rings. The van der Waals surface area contributed by atoms with Crippen molar-refractivity contribution in [3.05, 3.63) is 236 Å². The van der Waals surface area contributed by atoms with Crippen LogP contribution in [0.3, 0.4) is 0 Å². The quantitative estimate of drug-likeness (QED) is 0.160. The van der Waals surface area contributed by atoms with E-state index < -0.39 is 0 Å². The van der Waals surface area contributed by atoms with Crippen molar-refractivity contribution in [2.24, 2.45) is 0 Å². The molecule has 12 rings (SSSR count). The molecule has 0 atom stereocenters. The van der Waals surface area contributed by atoms with Crippen molar-refractivity contribution in [2.45, 2.75) is 19.3 Å². The Hall–Kier alpha value is -7.94. The minimum absolute atomic E-state index is 0.145. The van der Waals surface area contributed by atoms with Crippen LogP contribution in [0.25, 0.3) is 88.3 Å². The predicted molar refractivity (Wildman–Crippen MR) is 265 cm³/mol. The van der Waals surface area contributed by atoms with Gasteiger partial charge in [-0.15, -0.1) is 0 Å². The molecule has 0 unspecified atom stereocenters. The summed E-state index contributed by atoms with van der Waals surface area (Å²) in [6.07, 6.45) is 0. The number of nitrogens with zero attached hydrogens (tertiary/aromatic N) is 1. The van der Waals surface area contributed by atoms with Crippen molar-refractivity contribution in [2.75, 3.05) is 4.90 Å². The van der Waals surface area contributed by atoms with E-state index >= 15 is 0 Å². The summed E-state index contributed by atoms with van der Waals surface area (Å²) in [4.78, 5) is 2.44. The van der Waals surface area contributed by atoms with Crippen molar-refractivity contribution < 1.29 is 4.42 Å². The van der Waals surface area contributed by atoms with Crippen molar-refractivity contribution in [1.29, 1.82) is 0 Å². The fraction of sp³-hybridized carbons (Fsp3) is 0.0492. The number of benzene rings is 10. The van der Waals surface area contributed by atoms with Crippen LogP contribution in [0, 0.1) is 0 Å². The molecule has 0 fully saturated rings. The summed E-state index contributed by atoms with van der Waals surface area (Å²) in [7, 11) is 0. The molecule has 0 spiro atoms. The summed E-state index contributed by atoms with van der Waals surface area (Å²) < 4.78 is 6.51. The van der Waals surface area contributed by atoms with Crippen molar-refractivity contribution in [3.63, 3.8) is 0 Å².